The Bertz CT molecular complexity index is 840. The standard InChI is InChI=1S/C22H31N3O3S/c1-19(17-28-18-20-10-5-3-6-11-20)16-25-22(23-2)24-14-9-15-29(26,27)21-12-7-4-8-13-21/h3-8,10-13,19H,9,14-18H2,1-2H3,(H2,23,24,25). The van der Waals surface area contributed by atoms with Gasteiger partial charge in [0.2, 0.25) is 0 Å². The quantitative estimate of drug-likeness (QED) is 0.334. The van der Waals surface area contributed by atoms with Gasteiger partial charge in [-0.15, -0.1) is 0 Å². The zero-order valence-electron chi connectivity index (χ0n) is 17.2. The molecule has 0 aromatic heterocycles. The summed E-state index contributed by atoms with van der Waals surface area (Å²) >= 11 is 0. The first-order valence-electron chi connectivity index (χ1n) is 9.85. The summed E-state index contributed by atoms with van der Waals surface area (Å²) in [6.07, 6.45) is 0.508. The number of hydrogen-bond donors (Lipinski definition) is 2. The molecule has 158 valence electrons. The molecule has 0 aliphatic rings. The molecule has 2 aromatic rings. The van der Waals surface area contributed by atoms with Crippen LogP contribution < -0.4 is 10.6 Å². The molecule has 6 nitrogen and oxygen atoms in total. The highest BCUT2D eigenvalue weighted by Gasteiger charge is 2.13. The van der Waals surface area contributed by atoms with Gasteiger partial charge in [0.15, 0.2) is 15.8 Å². The maximum atomic E-state index is 12.3. The lowest BCUT2D eigenvalue weighted by Gasteiger charge is -2.16. The van der Waals surface area contributed by atoms with Crippen molar-refractivity contribution in [2.75, 3.05) is 32.5 Å². The van der Waals surface area contributed by atoms with Crippen molar-refractivity contribution in [3.05, 3.63) is 66.2 Å². The van der Waals surface area contributed by atoms with Gasteiger partial charge < -0.3 is 15.4 Å². The van der Waals surface area contributed by atoms with Crippen molar-refractivity contribution in [3.63, 3.8) is 0 Å². The number of aliphatic imine (C=N–C) groups is 1. The van der Waals surface area contributed by atoms with Gasteiger partial charge in [0, 0.05) is 20.1 Å². The van der Waals surface area contributed by atoms with Gasteiger partial charge in [-0.2, -0.15) is 0 Å². The zero-order valence-corrected chi connectivity index (χ0v) is 18.0. The lowest BCUT2D eigenvalue weighted by Crippen LogP contribution is -2.40. The third-order valence-corrected chi connectivity index (χ3v) is 6.16. The molecular formula is C22H31N3O3S. The average molecular weight is 418 g/mol. The van der Waals surface area contributed by atoms with Crippen LogP contribution in [0, 0.1) is 5.92 Å². The van der Waals surface area contributed by atoms with Gasteiger partial charge in [0.1, 0.15) is 0 Å². The van der Waals surface area contributed by atoms with E-state index >= 15 is 0 Å². The summed E-state index contributed by atoms with van der Waals surface area (Å²) < 4.78 is 30.3. The van der Waals surface area contributed by atoms with E-state index in [1.165, 1.54) is 0 Å². The predicted octanol–water partition coefficient (Wildman–Crippen LogP) is 2.87. The van der Waals surface area contributed by atoms with E-state index in [2.05, 4.69) is 22.5 Å². The summed E-state index contributed by atoms with van der Waals surface area (Å²) in [5.41, 5.74) is 1.16. The third kappa shape index (κ3) is 8.66. The van der Waals surface area contributed by atoms with Crippen molar-refractivity contribution in [2.24, 2.45) is 10.9 Å². The van der Waals surface area contributed by atoms with Gasteiger partial charge >= 0.3 is 0 Å². The van der Waals surface area contributed by atoms with Crippen LogP contribution in [-0.2, 0) is 21.2 Å². The second-order valence-corrected chi connectivity index (χ2v) is 9.08. The highest BCUT2D eigenvalue weighted by molar-refractivity contribution is 7.91. The first kappa shape index (κ1) is 22.9. The Morgan fingerprint density at radius 2 is 1.69 bits per heavy atom. The Morgan fingerprint density at radius 3 is 2.34 bits per heavy atom. The van der Waals surface area contributed by atoms with Crippen molar-refractivity contribution in [2.45, 2.75) is 24.8 Å². The molecule has 2 rings (SSSR count). The van der Waals surface area contributed by atoms with Gasteiger partial charge in [-0.3, -0.25) is 4.99 Å². The number of nitrogens with zero attached hydrogens (tertiary/aromatic N) is 1. The lowest BCUT2D eigenvalue weighted by molar-refractivity contribution is 0.0931. The largest absolute Gasteiger partial charge is 0.376 e. The second-order valence-electron chi connectivity index (χ2n) is 6.97. The Hall–Kier alpha value is -2.38. The summed E-state index contributed by atoms with van der Waals surface area (Å²) in [5, 5.41) is 6.42. The molecule has 0 aliphatic heterocycles. The number of benzene rings is 2. The van der Waals surface area contributed by atoms with E-state index < -0.39 is 9.84 Å². The van der Waals surface area contributed by atoms with Crippen molar-refractivity contribution in [3.8, 4) is 0 Å². The summed E-state index contributed by atoms with van der Waals surface area (Å²) in [6, 6.07) is 18.6. The maximum absolute atomic E-state index is 12.3. The lowest BCUT2D eigenvalue weighted by atomic mass is 10.2. The van der Waals surface area contributed by atoms with Gasteiger partial charge in [0.25, 0.3) is 0 Å². The molecule has 2 aromatic carbocycles. The molecule has 7 heteroatoms. The molecule has 0 amide bonds. The first-order chi connectivity index (χ1) is 14.0. The minimum atomic E-state index is -3.24. The first-order valence-corrected chi connectivity index (χ1v) is 11.5. The van der Waals surface area contributed by atoms with E-state index in [1.807, 2.05) is 36.4 Å². The van der Waals surface area contributed by atoms with Crippen molar-refractivity contribution >= 4 is 15.8 Å². The minimum Gasteiger partial charge on any atom is -0.376 e. The summed E-state index contributed by atoms with van der Waals surface area (Å²) in [6.45, 7) is 4.61. The SMILES string of the molecule is CN=C(NCCCS(=O)(=O)c1ccccc1)NCC(C)COCc1ccccc1. The maximum Gasteiger partial charge on any atom is 0.190 e. The number of ether oxygens (including phenoxy) is 1. The molecule has 0 aliphatic carbocycles. The Labute approximate surface area is 174 Å². The van der Waals surface area contributed by atoms with E-state index in [0.29, 0.717) is 43.0 Å². The molecule has 0 radical (unpaired) electrons. The zero-order chi connectivity index (χ0) is 21.0. The van der Waals surface area contributed by atoms with Crippen LogP contribution in [0.5, 0.6) is 0 Å². The van der Waals surface area contributed by atoms with E-state index in [0.717, 1.165) is 12.1 Å². The average Bonchev–Trinajstić information content (AvgIpc) is 2.74. The van der Waals surface area contributed by atoms with Crippen molar-refractivity contribution in [1.29, 1.82) is 0 Å². The van der Waals surface area contributed by atoms with Crippen LogP contribution in [0.3, 0.4) is 0 Å². The fourth-order valence-electron chi connectivity index (χ4n) is 2.72. The van der Waals surface area contributed by atoms with Gasteiger partial charge in [0.05, 0.1) is 23.9 Å². The smallest absolute Gasteiger partial charge is 0.190 e. The monoisotopic (exact) mass is 417 g/mol. The van der Waals surface area contributed by atoms with Crippen LogP contribution in [0.15, 0.2) is 70.6 Å². The molecule has 0 bridgehead atoms. The Balaban J connectivity index is 1.62. The van der Waals surface area contributed by atoms with E-state index in [1.54, 1.807) is 31.3 Å². The number of rotatable bonds is 11. The van der Waals surface area contributed by atoms with Crippen molar-refractivity contribution < 1.29 is 13.2 Å². The van der Waals surface area contributed by atoms with E-state index in [9.17, 15) is 8.42 Å². The second kappa shape index (κ2) is 12.2. The number of nitrogens with one attached hydrogen (secondary N) is 2. The molecule has 1 atom stereocenters. The van der Waals surface area contributed by atoms with Crippen LogP contribution in [0.25, 0.3) is 0 Å². The molecule has 2 N–H and O–H groups in total. The third-order valence-electron chi connectivity index (χ3n) is 4.34. The fraction of sp³-hybridized carbons (Fsp3) is 0.409. The normalized spacial score (nSPS) is 13.1. The predicted molar refractivity (Wildman–Crippen MR) is 118 cm³/mol. The molecule has 1 unspecified atom stereocenters. The molecule has 0 heterocycles. The van der Waals surface area contributed by atoms with Gasteiger partial charge in [-0.1, -0.05) is 55.5 Å². The number of guanidine groups is 1. The topological polar surface area (TPSA) is 79.8 Å². The van der Waals surface area contributed by atoms with Crippen LogP contribution >= 0.6 is 0 Å². The molecule has 0 fully saturated rings. The summed E-state index contributed by atoms with van der Waals surface area (Å²) in [7, 11) is -1.54. The van der Waals surface area contributed by atoms with Gasteiger partial charge in [-0.05, 0) is 30.0 Å². The molecular weight excluding hydrogens is 386 g/mol. The van der Waals surface area contributed by atoms with Crippen LogP contribution in [0.1, 0.15) is 18.9 Å². The van der Waals surface area contributed by atoms with E-state index in [4.69, 9.17) is 4.74 Å². The Morgan fingerprint density at radius 1 is 1.03 bits per heavy atom. The molecule has 0 saturated carbocycles. The van der Waals surface area contributed by atoms with Crippen LogP contribution in [0.2, 0.25) is 0 Å². The van der Waals surface area contributed by atoms with Gasteiger partial charge in [-0.25, -0.2) is 8.42 Å². The fourth-order valence-corrected chi connectivity index (χ4v) is 4.05. The highest BCUT2D eigenvalue weighted by atomic mass is 32.2. The van der Waals surface area contributed by atoms with Crippen LogP contribution in [0.4, 0.5) is 0 Å². The number of sulfone groups is 1. The van der Waals surface area contributed by atoms with Crippen molar-refractivity contribution in [1.82, 2.24) is 10.6 Å². The summed E-state index contributed by atoms with van der Waals surface area (Å²) in [5.74, 6) is 1.08. The summed E-state index contributed by atoms with van der Waals surface area (Å²) in [4.78, 5) is 4.55. The highest BCUT2D eigenvalue weighted by Crippen LogP contribution is 2.10. The Kier molecular flexibility index (Phi) is 9.67. The molecule has 29 heavy (non-hydrogen) atoms. The van der Waals surface area contributed by atoms with E-state index in [-0.39, 0.29) is 5.75 Å². The minimum absolute atomic E-state index is 0.102. The number of hydrogen-bond acceptors (Lipinski definition) is 4. The van der Waals surface area contributed by atoms with Crippen LogP contribution in [-0.4, -0.2) is 46.9 Å². The molecule has 0 saturated heterocycles. The molecule has 0 spiro atoms.